The zero-order valence-electron chi connectivity index (χ0n) is 12.3. The van der Waals surface area contributed by atoms with E-state index in [1.165, 1.54) is 42.4 Å². The highest BCUT2D eigenvalue weighted by Crippen LogP contribution is 2.36. The fraction of sp³-hybridized carbons (Fsp3) is 0.316. The van der Waals surface area contributed by atoms with Crippen molar-refractivity contribution in [2.24, 2.45) is 4.99 Å². The Morgan fingerprint density at radius 3 is 1.95 bits per heavy atom. The van der Waals surface area contributed by atoms with Crippen molar-refractivity contribution >= 4 is 45.7 Å². The van der Waals surface area contributed by atoms with Crippen LogP contribution in [0.5, 0.6) is 0 Å². The van der Waals surface area contributed by atoms with Crippen molar-refractivity contribution in [3.63, 3.8) is 0 Å². The highest BCUT2D eigenvalue weighted by atomic mass is 127. The normalized spacial score (nSPS) is 21.1. The summed E-state index contributed by atoms with van der Waals surface area (Å²) < 4.78 is 0.877. The van der Waals surface area contributed by atoms with Gasteiger partial charge in [0.05, 0.1) is 10.8 Å². The topological polar surface area (TPSA) is 12.4 Å². The van der Waals surface area contributed by atoms with Crippen LogP contribution in [-0.4, -0.2) is 9.09 Å². The Hall–Kier alpha value is -1.03. The van der Waals surface area contributed by atoms with E-state index in [9.17, 15) is 0 Å². The molecule has 1 saturated carbocycles. The van der Waals surface area contributed by atoms with Gasteiger partial charge in [-0.05, 0) is 72.6 Å². The van der Waals surface area contributed by atoms with E-state index in [1.807, 2.05) is 12.1 Å². The molecule has 0 aromatic heterocycles. The van der Waals surface area contributed by atoms with Crippen LogP contribution in [0.25, 0.3) is 11.1 Å². The molecule has 0 spiro atoms. The second-order valence-corrected chi connectivity index (χ2v) is 7.77. The van der Waals surface area contributed by atoms with Crippen molar-refractivity contribution in [3.8, 4) is 11.1 Å². The highest BCUT2D eigenvalue weighted by molar-refractivity contribution is 14.1. The Morgan fingerprint density at radius 1 is 0.864 bits per heavy atom. The predicted molar refractivity (Wildman–Crippen MR) is 106 cm³/mol. The van der Waals surface area contributed by atoms with E-state index in [2.05, 4.69) is 81.4 Å². The molecule has 0 radical (unpaired) electrons. The molecule has 2 aromatic rings. The third-order valence-electron chi connectivity index (χ3n) is 4.41. The maximum absolute atomic E-state index is 4.63. The minimum absolute atomic E-state index is 0.749. The largest absolute Gasteiger partial charge is 0.195 e. The lowest BCUT2D eigenvalue weighted by molar-refractivity contribution is 0.462. The lowest BCUT2D eigenvalue weighted by Gasteiger charge is -2.25. The summed E-state index contributed by atoms with van der Waals surface area (Å²) in [7, 11) is 0. The molecule has 0 amide bonds. The molecule has 2 aromatic carbocycles. The number of aliphatic imine (C=N–C) groups is 1. The Bertz CT molecular complexity index is 664. The first-order valence-electron chi connectivity index (χ1n) is 7.68. The van der Waals surface area contributed by atoms with Gasteiger partial charge in [-0.2, -0.15) is 4.99 Å². The maximum Gasteiger partial charge on any atom is 0.0739 e. The van der Waals surface area contributed by atoms with Crippen molar-refractivity contribution in [1.82, 2.24) is 0 Å². The molecule has 1 nitrogen and oxygen atoms in total. The molecule has 0 bridgehead atoms. The van der Waals surface area contributed by atoms with Crippen LogP contribution in [0.2, 0.25) is 0 Å². The third-order valence-corrected chi connectivity index (χ3v) is 5.75. The lowest BCUT2D eigenvalue weighted by Crippen LogP contribution is -2.12. The summed E-state index contributed by atoms with van der Waals surface area (Å²) in [4.78, 5) is 3.99. The van der Waals surface area contributed by atoms with Crippen molar-refractivity contribution in [1.29, 1.82) is 0 Å². The first kappa shape index (κ1) is 15.9. The molecule has 3 rings (SSSR count). The predicted octanol–water partition coefficient (Wildman–Crippen LogP) is 6.55. The van der Waals surface area contributed by atoms with Crippen molar-refractivity contribution < 1.29 is 0 Å². The second-order valence-electron chi connectivity index (χ2n) is 5.82. The molecule has 1 aliphatic carbocycles. The lowest BCUT2D eigenvalue weighted by atomic mass is 9.83. The van der Waals surface area contributed by atoms with Crippen LogP contribution in [0.4, 0.5) is 5.69 Å². The molecule has 22 heavy (non-hydrogen) atoms. The van der Waals surface area contributed by atoms with Gasteiger partial charge in [0, 0.05) is 3.92 Å². The molecule has 3 heteroatoms. The van der Waals surface area contributed by atoms with E-state index in [0.29, 0.717) is 0 Å². The number of rotatable bonds is 3. The van der Waals surface area contributed by atoms with Crippen LogP contribution in [-0.2, 0) is 0 Å². The molecule has 0 atom stereocenters. The quantitative estimate of drug-likeness (QED) is 0.238. The molecular formula is C19H18INS. The fourth-order valence-electron chi connectivity index (χ4n) is 3.11. The first-order chi connectivity index (χ1) is 10.8. The van der Waals surface area contributed by atoms with Gasteiger partial charge in [0.2, 0.25) is 0 Å². The van der Waals surface area contributed by atoms with Crippen LogP contribution in [0, 0.1) is 0 Å². The molecule has 0 N–H and O–H groups in total. The van der Waals surface area contributed by atoms with Crippen LogP contribution < -0.4 is 0 Å². The fourth-order valence-corrected chi connectivity index (χ4v) is 3.94. The SMILES string of the molecule is S=C=Nc1ccc(-c2ccc(C3CCC(I)CC3)cc2)cc1. The van der Waals surface area contributed by atoms with E-state index in [0.717, 1.165) is 15.5 Å². The average Bonchev–Trinajstić information content (AvgIpc) is 2.57. The zero-order chi connectivity index (χ0) is 15.4. The summed E-state index contributed by atoms with van der Waals surface area (Å²) in [6, 6.07) is 17.2. The van der Waals surface area contributed by atoms with Crippen molar-refractivity contribution in [2.45, 2.75) is 35.5 Å². The number of nitrogens with zero attached hydrogens (tertiary/aromatic N) is 1. The average molecular weight is 419 g/mol. The zero-order valence-corrected chi connectivity index (χ0v) is 15.3. The number of hydrogen-bond donors (Lipinski definition) is 0. The number of hydrogen-bond acceptors (Lipinski definition) is 2. The van der Waals surface area contributed by atoms with Crippen molar-refractivity contribution in [2.75, 3.05) is 0 Å². The van der Waals surface area contributed by atoms with E-state index >= 15 is 0 Å². The molecule has 112 valence electrons. The summed E-state index contributed by atoms with van der Waals surface area (Å²) in [5, 5.41) is 2.40. The first-order valence-corrected chi connectivity index (χ1v) is 9.34. The molecule has 0 unspecified atom stereocenters. The number of halogens is 1. The van der Waals surface area contributed by atoms with Crippen molar-refractivity contribution in [3.05, 3.63) is 54.1 Å². The van der Waals surface area contributed by atoms with Crippen LogP contribution in [0.1, 0.15) is 37.2 Å². The van der Waals surface area contributed by atoms with Gasteiger partial charge in [-0.1, -0.05) is 59.0 Å². The Balaban J connectivity index is 1.74. The molecular weight excluding hydrogens is 401 g/mol. The van der Waals surface area contributed by atoms with Gasteiger partial charge in [0.1, 0.15) is 0 Å². The number of thiocarbonyl (C=S) groups is 1. The number of isothiocyanates is 1. The van der Waals surface area contributed by atoms with Gasteiger partial charge in [0.25, 0.3) is 0 Å². The summed E-state index contributed by atoms with van der Waals surface area (Å²) in [6.45, 7) is 0. The second kappa shape index (κ2) is 7.49. The summed E-state index contributed by atoms with van der Waals surface area (Å²) in [5.74, 6) is 0.749. The van der Waals surface area contributed by atoms with Gasteiger partial charge in [-0.25, -0.2) is 0 Å². The summed E-state index contributed by atoms with van der Waals surface area (Å²) >= 11 is 7.22. The molecule has 1 fully saturated rings. The van der Waals surface area contributed by atoms with E-state index in [1.54, 1.807) is 0 Å². The number of benzene rings is 2. The molecule has 0 aliphatic heterocycles. The Labute approximate surface area is 151 Å². The Kier molecular flexibility index (Phi) is 5.40. The maximum atomic E-state index is 4.63. The molecule has 0 saturated heterocycles. The van der Waals surface area contributed by atoms with Crippen LogP contribution >= 0.6 is 34.8 Å². The number of alkyl halides is 1. The summed E-state index contributed by atoms with van der Waals surface area (Å²) in [6.07, 6.45) is 5.37. The van der Waals surface area contributed by atoms with Gasteiger partial charge in [0.15, 0.2) is 0 Å². The van der Waals surface area contributed by atoms with Gasteiger partial charge in [-0.15, -0.1) is 0 Å². The summed E-state index contributed by atoms with van der Waals surface area (Å²) in [5.41, 5.74) is 4.81. The van der Waals surface area contributed by atoms with Gasteiger partial charge < -0.3 is 0 Å². The monoisotopic (exact) mass is 419 g/mol. The van der Waals surface area contributed by atoms with E-state index in [4.69, 9.17) is 0 Å². The van der Waals surface area contributed by atoms with Gasteiger partial charge >= 0.3 is 0 Å². The van der Waals surface area contributed by atoms with Crippen LogP contribution in [0.15, 0.2) is 53.5 Å². The van der Waals surface area contributed by atoms with E-state index < -0.39 is 0 Å². The van der Waals surface area contributed by atoms with Gasteiger partial charge in [-0.3, -0.25) is 0 Å². The molecule has 0 heterocycles. The smallest absolute Gasteiger partial charge is 0.0739 e. The molecule has 1 aliphatic rings. The minimum atomic E-state index is 0.749. The highest BCUT2D eigenvalue weighted by Gasteiger charge is 2.20. The van der Waals surface area contributed by atoms with E-state index in [-0.39, 0.29) is 0 Å². The standard InChI is InChI=1S/C19H18INS/c20-18-9-5-16(6-10-18)14-1-3-15(4-2-14)17-7-11-19(12-8-17)21-13-22/h1-4,7-8,11-12,16,18H,5-6,9-10H2. The van der Waals surface area contributed by atoms with Crippen LogP contribution in [0.3, 0.4) is 0 Å². The Morgan fingerprint density at radius 2 is 1.41 bits per heavy atom. The third kappa shape index (κ3) is 3.83. The minimum Gasteiger partial charge on any atom is -0.195 e.